The highest BCUT2D eigenvalue weighted by atomic mass is 32.2. The molecule has 5 nitrogen and oxygen atoms in total. The number of Topliss-reactive ketones (excluding diaryl/α,β-unsaturated/α-hetero) is 1. The molecule has 152 valence electrons. The molecule has 0 spiro atoms. The zero-order valence-electron chi connectivity index (χ0n) is 16.4. The fraction of sp³-hybridized carbons (Fsp3) is 0.476. The third-order valence-electron chi connectivity index (χ3n) is 5.01. The van der Waals surface area contributed by atoms with Crippen molar-refractivity contribution in [3.05, 3.63) is 36.4 Å². The summed E-state index contributed by atoms with van der Waals surface area (Å²) in [6.45, 7) is 6.37. The Bertz CT molecular complexity index is 943. The Kier molecular flexibility index (Phi) is 5.71. The molecule has 28 heavy (non-hydrogen) atoms. The van der Waals surface area contributed by atoms with Gasteiger partial charge in [0, 0.05) is 24.5 Å². The molecule has 1 N–H and O–H groups in total. The Balaban J connectivity index is 2.00. The first-order chi connectivity index (χ1) is 13.1. The normalized spacial score (nSPS) is 17.4. The number of sulfone groups is 1. The summed E-state index contributed by atoms with van der Waals surface area (Å²) in [6, 6.07) is 9.96. The molecular weight excluding hydrogens is 396 g/mol. The molecule has 0 bridgehead atoms. The van der Waals surface area contributed by atoms with E-state index in [0.29, 0.717) is 0 Å². The van der Waals surface area contributed by atoms with Gasteiger partial charge in [0.15, 0.2) is 5.78 Å². The minimum atomic E-state index is -3.85. The van der Waals surface area contributed by atoms with Crippen molar-refractivity contribution in [1.82, 2.24) is 0 Å². The third kappa shape index (κ3) is 4.02. The van der Waals surface area contributed by atoms with Crippen molar-refractivity contribution in [2.45, 2.75) is 49.0 Å². The summed E-state index contributed by atoms with van der Waals surface area (Å²) in [5.41, 5.74) is 0.538. The van der Waals surface area contributed by atoms with Crippen molar-refractivity contribution in [3.8, 4) is 16.2 Å². The number of phenolic OH excluding ortho intramolecular Hbond substituents is 1. The monoisotopic (exact) mass is 422 g/mol. The number of ketones is 1. The van der Waals surface area contributed by atoms with Crippen LogP contribution in [-0.4, -0.2) is 37.3 Å². The maximum Gasteiger partial charge on any atom is 0.200 e. The molecule has 1 fully saturated rings. The van der Waals surface area contributed by atoms with Gasteiger partial charge in [-0.3, -0.25) is 4.79 Å². The van der Waals surface area contributed by atoms with Gasteiger partial charge in [-0.25, -0.2) is 8.42 Å². The average molecular weight is 423 g/mol. The Morgan fingerprint density at radius 2 is 1.71 bits per heavy atom. The van der Waals surface area contributed by atoms with Crippen LogP contribution in [0.4, 0.5) is 0 Å². The molecule has 2 aromatic rings. The highest BCUT2D eigenvalue weighted by molar-refractivity contribution is 7.95. The SMILES string of the molecule is CC(C)(C)CC(=O)C1(S(=O)(=O)c2ccc(-c3ccc(O)cc3)s2)CCOCC1. The first-order valence-electron chi connectivity index (χ1n) is 9.30. The van der Waals surface area contributed by atoms with Crippen molar-refractivity contribution < 1.29 is 23.1 Å². The van der Waals surface area contributed by atoms with Crippen molar-refractivity contribution in [3.63, 3.8) is 0 Å². The summed E-state index contributed by atoms with van der Waals surface area (Å²) >= 11 is 1.16. The summed E-state index contributed by atoms with van der Waals surface area (Å²) in [6.07, 6.45) is 0.593. The lowest BCUT2D eigenvalue weighted by Gasteiger charge is -2.36. The van der Waals surface area contributed by atoms with E-state index in [4.69, 9.17) is 4.74 Å². The molecular formula is C21H26O5S2. The smallest absolute Gasteiger partial charge is 0.200 e. The molecule has 0 aliphatic carbocycles. The van der Waals surface area contributed by atoms with Gasteiger partial charge in [-0.15, -0.1) is 11.3 Å². The number of thiophene rings is 1. The zero-order valence-corrected chi connectivity index (χ0v) is 18.0. The number of rotatable bonds is 5. The standard InChI is InChI=1S/C21H26O5S2/c1-20(2,3)14-18(23)21(10-12-26-13-11-21)28(24,25)19-9-8-17(27-19)15-4-6-16(22)7-5-15/h4-9,22H,10-14H2,1-3H3. The minimum absolute atomic E-state index is 0.155. The number of hydrogen-bond donors (Lipinski definition) is 1. The summed E-state index contributed by atoms with van der Waals surface area (Å²) < 4.78 is 31.4. The maximum absolute atomic E-state index is 13.6. The zero-order chi connectivity index (χ0) is 20.6. The molecule has 0 radical (unpaired) electrons. The van der Waals surface area contributed by atoms with E-state index in [0.717, 1.165) is 21.8 Å². The first-order valence-corrected chi connectivity index (χ1v) is 11.6. The highest BCUT2D eigenvalue weighted by Crippen LogP contribution is 2.42. The third-order valence-corrected chi connectivity index (χ3v) is 9.18. The molecule has 0 saturated carbocycles. The van der Waals surface area contributed by atoms with Gasteiger partial charge in [-0.2, -0.15) is 0 Å². The second-order valence-electron chi connectivity index (χ2n) is 8.44. The molecule has 2 heterocycles. The van der Waals surface area contributed by atoms with Gasteiger partial charge in [0.1, 0.15) is 14.7 Å². The second-order valence-corrected chi connectivity index (χ2v) is 12.0. The van der Waals surface area contributed by atoms with Crippen molar-refractivity contribution in [2.75, 3.05) is 13.2 Å². The van der Waals surface area contributed by atoms with Crippen LogP contribution < -0.4 is 0 Å². The Morgan fingerprint density at radius 1 is 1.11 bits per heavy atom. The van der Waals surface area contributed by atoms with Crippen LogP contribution in [0.5, 0.6) is 5.75 Å². The van der Waals surface area contributed by atoms with Crippen molar-refractivity contribution in [2.24, 2.45) is 5.41 Å². The van der Waals surface area contributed by atoms with Crippen LogP contribution >= 0.6 is 11.3 Å². The predicted octanol–water partition coefficient (Wildman–Crippen LogP) is 4.45. The van der Waals surface area contributed by atoms with E-state index in [2.05, 4.69) is 0 Å². The summed E-state index contributed by atoms with van der Waals surface area (Å²) in [4.78, 5) is 14.0. The fourth-order valence-electron chi connectivity index (χ4n) is 3.48. The van der Waals surface area contributed by atoms with E-state index in [1.165, 1.54) is 0 Å². The number of benzene rings is 1. The molecule has 1 aromatic carbocycles. The van der Waals surface area contributed by atoms with Crippen LogP contribution in [0, 0.1) is 5.41 Å². The Morgan fingerprint density at radius 3 is 2.29 bits per heavy atom. The molecule has 0 unspecified atom stereocenters. The number of hydrogen-bond acceptors (Lipinski definition) is 6. The van der Waals surface area contributed by atoms with E-state index < -0.39 is 14.6 Å². The van der Waals surface area contributed by atoms with Crippen molar-refractivity contribution in [1.29, 1.82) is 0 Å². The van der Waals surface area contributed by atoms with Gasteiger partial charge in [0.2, 0.25) is 9.84 Å². The topological polar surface area (TPSA) is 80.7 Å². The van der Waals surface area contributed by atoms with Gasteiger partial charge in [-0.05, 0) is 60.2 Å². The van der Waals surface area contributed by atoms with E-state index in [1.54, 1.807) is 36.4 Å². The second kappa shape index (κ2) is 7.61. The van der Waals surface area contributed by atoms with Gasteiger partial charge in [0.25, 0.3) is 0 Å². The lowest BCUT2D eigenvalue weighted by molar-refractivity contribution is -0.125. The molecule has 1 saturated heterocycles. The van der Waals surface area contributed by atoms with Crippen LogP contribution in [0.3, 0.4) is 0 Å². The average Bonchev–Trinajstić information content (AvgIpc) is 3.12. The van der Waals surface area contributed by atoms with E-state index in [9.17, 15) is 18.3 Å². The molecule has 1 aromatic heterocycles. The van der Waals surface area contributed by atoms with Crippen LogP contribution in [0.1, 0.15) is 40.0 Å². The number of aromatic hydroxyl groups is 1. The lowest BCUT2D eigenvalue weighted by atomic mass is 9.82. The molecule has 0 atom stereocenters. The fourth-order valence-corrected chi connectivity index (χ4v) is 7.12. The quantitative estimate of drug-likeness (QED) is 0.770. The Hall–Kier alpha value is -1.70. The van der Waals surface area contributed by atoms with Crippen LogP contribution in [0.15, 0.2) is 40.6 Å². The summed E-state index contributed by atoms with van der Waals surface area (Å²) in [7, 11) is -3.85. The van der Waals surface area contributed by atoms with Gasteiger partial charge >= 0.3 is 0 Å². The Labute approximate surface area is 170 Å². The molecule has 7 heteroatoms. The first kappa shape index (κ1) is 21.0. The number of carbonyl (C=O) groups excluding carboxylic acids is 1. The van der Waals surface area contributed by atoms with Gasteiger partial charge < -0.3 is 9.84 Å². The minimum Gasteiger partial charge on any atom is -0.508 e. The van der Waals surface area contributed by atoms with Crippen LogP contribution in [0.25, 0.3) is 10.4 Å². The largest absolute Gasteiger partial charge is 0.508 e. The predicted molar refractivity (Wildman–Crippen MR) is 110 cm³/mol. The summed E-state index contributed by atoms with van der Waals surface area (Å²) in [5, 5.41) is 9.45. The molecule has 1 aliphatic heterocycles. The number of phenols is 1. The molecule has 0 amide bonds. The van der Waals surface area contributed by atoms with Crippen LogP contribution in [0.2, 0.25) is 0 Å². The lowest BCUT2D eigenvalue weighted by Crippen LogP contribution is -2.51. The van der Waals surface area contributed by atoms with Gasteiger partial charge in [0.05, 0.1) is 0 Å². The van der Waals surface area contributed by atoms with E-state index in [1.807, 2.05) is 20.8 Å². The van der Waals surface area contributed by atoms with Gasteiger partial charge in [-0.1, -0.05) is 20.8 Å². The van der Waals surface area contributed by atoms with Crippen molar-refractivity contribution >= 4 is 27.0 Å². The maximum atomic E-state index is 13.6. The highest BCUT2D eigenvalue weighted by Gasteiger charge is 2.52. The molecule has 3 rings (SSSR count). The van der Waals surface area contributed by atoms with Crippen LogP contribution in [-0.2, 0) is 19.4 Å². The number of carbonyl (C=O) groups is 1. The summed E-state index contributed by atoms with van der Waals surface area (Å²) in [5.74, 6) is -0.0648. The van der Waals surface area contributed by atoms with E-state index in [-0.39, 0.29) is 53.6 Å². The molecule has 1 aliphatic rings. The number of ether oxygens (including phenoxy) is 1. The van der Waals surface area contributed by atoms with E-state index >= 15 is 0 Å².